The minimum absolute atomic E-state index is 0.0605. The lowest BCUT2D eigenvalue weighted by Crippen LogP contribution is -2.19. The van der Waals surface area contributed by atoms with Crippen molar-refractivity contribution in [1.29, 1.82) is 0 Å². The van der Waals surface area contributed by atoms with Crippen molar-refractivity contribution in [2.45, 2.75) is 38.5 Å². The van der Waals surface area contributed by atoms with Crippen LogP contribution in [0.3, 0.4) is 0 Å². The van der Waals surface area contributed by atoms with E-state index < -0.39 is 0 Å². The second kappa shape index (κ2) is 8.10. The molecule has 0 spiro atoms. The highest BCUT2D eigenvalue weighted by Gasteiger charge is 2.49. The van der Waals surface area contributed by atoms with Crippen molar-refractivity contribution in [1.82, 2.24) is 9.97 Å². The van der Waals surface area contributed by atoms with Crippen LogP contribution in [0.1, 0.15) is 49.9 Å². The minimum Gasteiger partial charge on any atom is -0.228 e. The molecule has 0 bridgehead atoms. The van der Waals surface area contributed by atoms with Gasteiger partial charge in [-0.05, 0) is 45.5 Å². The van der Waals surface area contributed by atoms with E-state index in [2.05, 4.69) is 125 Å². The van der Waals surface area contributed by atoms with Gasteiger partial charge in [0.15, 0.2) is 5.82 Å². The second-order valence-corrected chi connectivity index (χ2v) is 11.5. The number of nitrogens with zero attached hydrogens (tertiary/aromatic N) is 2. The Morgan fingerprint density at radius 2 is 0.947 bits per heavy atom. The average Bonchev–Trinajstić information content (AvgIpc) is 3.35. The van der Waals surface area contributed by atoms with E-state index in [-0.39, 0.29) is 10.8 Å². The second-order valence-electron chi connectivity index (χ2n) is 11.5. The normalized spacial score (nSPS) is 16.2. The van der Waals surface area contributed by atoms with Gasteiger partial charge in [0.1, 0.15) is 0 Å². The molecule has 0 radical (unpaired) electrons. The van der Waals surface area contributed by atoms with Gasteiger partial charge >= 0.3 is 0 Å². The smallest absolute Gasteiger partial charge is 0.160 e. The molecule has 2 heteroatoms. The number of aromatic nitrogens is 2. The molecule has 184 valence electrons. The van der Waals surface area contributed by atoms with E-state index in [1.54, 1.807) is 0 Å². The van der Waals surface area contributed by atoms with Crippen LogP contribution in [0.5, 0.6) is 0 Å². The summed E-state index contributed by atoms with van der Waals surface area (Å²) in [5.41, 5.74) is 13.4. The molecular weight excluding hydrogens is 460 g/mol. The van der Waals surface area contributed by atoms with Gasteiger partial charge in [-0.15, -0.1) is 0 Å². The first-order valence-corrected chi connectivity index (χ1v) is 13.4. The summed E-state index contributed by atoms with van der Waals surface area (Å²) in [7, 11) is 0. The number of hydrogen-bond donors (Lipinski definition) is 0. The fourth-order valence-corrected chi connectivity index (χ4v) is 6.61. The number of benzene rings is 4. The van der Waals surface area contributed by atoms with Crippen molar-refractivity contribution in [3.8, 4) is 33.9 Å². The Labute approximate surface area is 224 Å². The molecule has 0 saturated heterocycles. The predicted octanol–water partition coefficient (Wildman–Crippen LogP) is 8.97. The van der Waals surface area contributed by atoms with Crippen LogP contribution in [0.15, 0.2) is 109 Å². The third-order valence-corrected chi connectivity index (χ3v) is 8.46. The van der Waals surface area contributed by atoms with Crippen LogP contribution < -0.4 is 0 Å². The van der Waals surface area contributed by atoms with Gasteiger partial charge in [-0.2, -0.15) is 0 Å². The summed E-state index contributed by atoms with van der Waals surface area (Å²) in [6.45, 7) is 9.47. The quantitative estimate of drug-likeness (QED) is 0.252. The van der Waals surface area contributed by atoms with Gasteiger partial charge in [-0.1, -0.05) is 125 Å². The molecule has 1 aromatic heterocycles. The van der Waals surface area contributed by atoms with Gasteiger partial charge in [0.05, 0.1) is 11.4 Å². The summed E-state index contributed by atoms with van der Waals surface area (Å²) in [5.74, 6) is 0.758. The fourth-order valence-electron chi connectivity index (χ4n) is 6.61. The van der Waals surface area contributed by atoms with E-state index >= 15 is 0 Å². The Bertz CT molecular complexity index is 1680. The molecule has 2 nitrogen and oxygen atoms in total. The van der Waals surface area contributed by atoms with E-state index in [9.17, 15) is 0 Å². The largest absolute Gasteiger partial charge is 0.228 e. The molecule has 0 aliphatic heterocycles. The highest BCUT2D eigenvalue weighted by atomic mass is 14.9. The first kappa shape index (κ1) is 22.9. The molecule has 38 heavy (non-hydrogen) atoms. The molecule has 0 N–H and O–H groups in total. The fraction of sp³-hybridized carbons (Fsp3) is 0.167. The Morgan fingerprint density at radius 3 is 1.55 bits per heavy atom. The first-order chi connectivity index (χ1) is 18.4. The predicted molar refractivity (Wildman–Crippen MR) is 158 cm³/mol. The highest BCUT2D eigenvalue weighted by Crippen LogP contribution is 2.62. The molecule has 0 amide bonds. The van der Waals surface area contributed by atoms with Crippen molar-refractivity contribution in [3.63, 3.8) is 0 Å². The number of rotatable bonds is 3. The number of hydrogen-bond acceptors (Lipinski definition) is 2. The van der Waals surface area contributed by atoms with Crippen molar-refractivity contribution < 1.29 is 0 Å². The molecule has 0 fully saturated rings. The maximum Gasteiger partial charge on any atom is 0.160 e. The molecule has 0 saturated carbocycles. The molecule has 0 atom stereocenters. The maximum absolute atomic E-state index is 5.10. The van der Waals surface area contributed by atoms with E-state index in [0.717, 1.165) is 33.9 Å². The van der Waals surface area contributed by atoms with Crippen LogP contribution in [-0.4, -0.2) is 9.97 Å². The molecule has 4 aromatic carbocycles. The van der Waals surface area contributed by atoms with Gasteiger partial charge in [0.2, 0.25) is 0 Å². The van der Waals surface area contributed by atoms with Crippen LogP contribution >= 0.6 is 0 Å². The maximum atomic E-state index is 5.10. The number of allylic oxidation sites excluding steroid dienone is 2. The van der Waals surface area contributed by atoms with Gasteiger partial charge in [0, 0.05) is 27.5 Å². The lowest BCUT2D eigenvalue weighted by atomic mass is 9.75. The SMILES string of the molecule is CC1(C)C2=C(c3ccccc31)C(C)(C)c1ccc(-c3nc(-c4ccccc4)cc(-c4ccccc4)n3)cc12. The molecule has 7 rings (SSSR count). The van der Waals surface area contributed by atoms with Crippen molar-refractivity contribution in [2.75, 3.05) is 0 Å². The van der Waals surface area contributed by atoms with Crippen LogP contribution in [0.2, 0.25) is 0 Å². The average molecular weight is 491 g/mol. The highest BCUT2D eigenvalue weighted by molar-refractivity contribution is 6.09. The Morgan fingerprint density at radius 1 is 0.447 bits per heavy atom. The van der Waals surface area contributed by atoms with Crippen LogP contribution in [-0.2, 0) is 10.8 Å². The zero-order chi connectivity index (χ0) is 26.1. The molecular formula is C36H30N2. The zero-order valence-corrected chi connectivity index (χ0v) is 22.3. The summed E-state index contributed by atoms with van der Waals surface area (Å²) in [4.78, 5) is 10.2. The topological polar surface area (TPSA) is 25.8 Å². The summed E-state index contributed by atoms with van der Waals surface area (Å²) >= 11 is 0. The number of fused-ring (bicyclic) bond motifs is 4. The minimum atomic E-state index is -0.0605. The van der Waals surface area contributed by atoms with Crippen molar-refractivity contribution >= 4 is 11.1 Å². The lowest BCUT2D eigenvalue weighted by molar-refractivity contribution is 0.694. The van der Waals surface area contributed by atoms with Crippen LogP contribution in [0.25, 0.3) is 45.0 Å². The molecule has 5 aromatic rings. The van der Waals surface area contributed by atoms with Crippen molar-refractivity contribution in [3.05, 3.63) is 131 Å². The van der Waals surface area contributed by atoms with E-state index in [0.29, 0.717) is 0 Å². The third kappa shape index (κ3) is 3.26. The standard InChI is InChI=1S/C36H30N2/c1-35(2)28-18-12-11-17-26(28)32-33(35)27-21-25(19-20-29(27)36(32,3)4)34-37-30(23-13-7-5-8-14-23)22-31(38-34)24-15-9-6-10-16-24/h5-22H,1-4H3. The Hall–Kier alpha value is -4.30. The molecule has 2 aliphatic carbocycles. The Balaban J connectivity index is 1.43. The van der Waals surface area contributed by atoms with Crippen molar-refractivity contribution in [2.24, 2.45) is 0 Å². The van der Waals surface area contributed by atoms with Gasteiger partial charge in [0.25, 0.3) is 0 Å². The lowest BCUT2D eigenvalue weighted by Gasteiger charge is -2.28. The molecule has 0 unspecified atom stereocenters. The zero-order valence-electron chi connectivity index (χ0n) is 22.3. The summed E-state index contributed by atoms with van der Waals surface area (Å²) in [6, 6.07) is 38.7. The molecule has 2 aliphatic rings. The summed E-state index contributed by atoms with van der Waals surface area (Å²) in [6.07, 6.45) is 0. The summed E-state index contributed by atoms with van der Waals surface area (Å²) < 4.78 is 0. The van der Waals surface area contributed by atoms with Crippen LogP contribution in [0.4, 0.5) is 0 Å². The van der Waals surface area contributed by atoms with Gasteiger partial charge < -0.3 is 0 Å². The third-order valence-electron chi connectivity index (χ3n) is 8.46. The Kier molecular flexibility index (Phi) is 4.87. The molecule has 1 heterocycles. The van der Waals surface area contributed by atoms with E-state index in [4.69, 9.17) is 9.97 Å². The monoisotopic (exact) mass is 490 g/mol. The van der Waals surface area contributed by atoms with E-state index in [1.165, 1.54) is 33.4 Å². The van der Waals surface area contributed by atoms with E-state index in [1.807, 2.05) is 12.1 Å². The summed E-state index contributed by atoms with van der Waals surface area (Å²) in [5, 5.41) is 0. The van der Waals surface area contributed by atoms with Crippen LogP contribution in [0, 0.1) is 0 Å². The van der Waals surface area contributed by atoms with Gasteiger partial charge in [-0.3, -0.25) is 0 Å². The van der Waals surface area contributed by atoms with Gasteiger partial charge in [-0.25, -0.2) is 9.97 Å². The first-order valence-electron chi connectivity index (χ1n) is 13.4.